The molecule has 90 valence electrons. The summed E-state index contributed by atoms with van der Waals surface area (Å²) < 4.78 is 0. The first kappa shape index (κ1) is 13.7. The van der Waals surface area contributed by atoms with Gasteiger partial charge in [0.05, 0.1) is 11.6 Å². The maximum atomic E-state index is 12.2. The van der Waals surface area contributed by atoms with Crippen LogP contribution in [0, 0.1) is 11.3 Å². The fourth-order valence-electron chi connectivity index (χ4n) is 1.54. The van der Waals surface area contributed by atoms with Gasteiger partial charge in [-0.3, -0.25) is 4.79 Å². The summed E-state index contributed by atoms with van der Waals surface area (Å²) in [5, 5.41) is 9.45. The highest BCUT2D eigenvalue weighted by molar-refractivity contribution is 9.09. The Bertz CT molecular complexity index is 420. The van der Waals surface area contributed by atoms with Gasteiger partial charge in [0.15, 0.2) is 0 Å². The third kappa shape index (κ3) is 3.57. The number of benzene rings is 1. The Morgan fingerprint density at radius 2 is 2.00 bits per heavy atom. The van der Waals surface area contributed by atoms with Crippen LogP contribution in [-0.2, 0) is 0 Å². The van der Waals surface area contributed by atoms with E-state index in [9.17, 15) is 4.79 Å². The first-order valence-corrected chi connectivity index (χ1v) is 6.59. The first-order valence-electron chi connectivity index (χ1n) is 5.47. The average molecular weight is 295 g/mol. The van der Waals surface area contributed by atoms with E-state index < -0.39 is 0 Å². The molecule has 0 N–H and O–H groups in total. The van der Waals surface area contributed by atoms with E-state index in [2.05, 4.69) is 15.9 Å². The number of alkyl halides is 1. The van der Waals surface area contributed by atoms with Crippen molar-refractivity contribution in [2.45, 2.75) is 19.9 Å². The van der Waals surface area contributed by atoms with Crippen LogP contribution in [0.25, 0.3) is 0 Å². The van der Waals surface area contributed by atoms with Crippen LogP contribution in [0.15, 0.2) is 24.3 Å². The van der Waals surface area contributed by atoms with Crippen LogP contribution in [-0.4, -0.2) is 28.7 Å². The molecule has 1 aromatic rings. The average Bonchev–Trinajstić information content (AvgIpc) is 2.35. The van der Waals surface area contributed by atoms with E-state index in [4.69, 9.17) is 5.26 Å². The Kier molecular flexibility index (Phi) is 5.17. The summed E-state index contributed by atoms with van der Waals surface area (Å²) in [4.78, 5) is 14.0. The lowest BCUT2D eigenvalue weighted by Gasteiger charge is -2.26. The van der Waals surface area contributed by atoms with Gasteiger partial charge in [0.25, 0.3) is 5.91 Å². The number of amides is 1. The SMILES string of the molecule is CC(C)N(CCBr)C(=O)c1ccc(C#N)cc1. The second-order valence-corrected chi connectivity index (χ2v) is 4.76. The van der Waals surface area contributed by atoms with Gasteiger partial charge in [-0.15, -0.1) is 0 Å². The summed E-state index contributed by atoms with van der Waals surface area (Å²) in [6, 6.07) is 8.93. The van der Waals surface area contributed by atoms with E-state index in [1.54, 1.807) is 29.2 Å². The lowest BCUT2D eigenvalue weighted by Crippen LogP contribution is -2.38. The molecule has 0 atom stereocenters. The second kappa shape index (κ2) is 6.41. The zero-order valence-corrected chi connectivity index (χ0v) is 11.6. The number of nitriles is 1. The summed E-state index contributed by atoms with van der Waals surface area (Å²) in [6.45, 7) is 4.66. The molecule has 0 heterocycles. The highest BCUT2D eigenvalue weighted by Gasteiger charge is 2.17. The molecule has 0 aromatic heterocycles. The van der Waals surface area contributed by atoms with Gasteiger partial charge < -0.3 is 4.90 Å². The van der Waals surface area contributed by atoms with Gasteiger partial charge in [-0.25, -0.2) is 0 Å². The van der Waals surface area contributed by atoms with Gasteiger partial charge in [0.1, 0.15) is 0 Å². The summed E-state index contributed by atoms with van der Waals surface area (Å²) in [6.07, 6.45) is 0. The molecule has 0 radical (unpaired) electrons. The van der Waals surface area contributed by atoms with E-state index in [0.29, 0.717) is 17.7 Å². The fourth-order valence-corrected chi connectivity index (χ4v) is 1.92. The van der Waals surface area contributed by atoms with Gasteiger partial charge in [0.2, 0.25) is 0 Å². The zero-order valence-electron chi connectivity index (χ0n) is 9.98. The molecule has 0 aliphatic carbocycles. The van der Waals surface area contributed by atoms with Crippen LogP contribution in [0.1, 0.15) is 29.8 Å². The zero-order chi connectivity index (χ0) is 12.8. The van der Waals surface area contributed by atoms with Crippen LogP contribution in [0.4, 0.5) is 0 Å². The quantitative estimate of drug-likeness (QED) is 0.802. The Balaban J connectivity index is 2.90. The van der Waals surface area contributed by atoms with Crippen molar-refractivity contribution in [3.8, 4) is 6.07 Å². The lowest BCUT2D eigenvalue weighted by molar-refractivity contribution is 0.0719. The van der Waals surface area contributed by atoms with Crippen molar-refractivity contribution in [2.75, 3.05) is 11.9 Å². The van der Waals surface area contributed by atoms with Crippen molar-refractivity contribution in [2.24, 2.45) is 0 Å². The summed E-state index contributed by atoms with van der Waals surface area (Å²) in [5.41, 5.74) is 1.19. The smallest absolute Gasteiger partial charge is 0.254 e. The highest BCUT2D eigenvalue weighted by atomic mass is 79.9. The molecule has 1 rings (SSSR count). The monoisotopic (exact) mass is 294 g/mol. The second-order valence-electron chi connectivity index (χ2n) is 3.97. The Morgan fingerprint density at radius 1 is 1.41 bits per heavy atom. The molecule has 0 saturated heterocycles. The molecule has 3 nitrogen and oxygen atoms in total. The van der Waals surface area contributed by atoms with Crippen molar-refractivity contribution in [3.63, 3.8) is 0 Å². The van der Waals surface area contributed by atoms with Crippen molar-refractivity contribution in [1.82, 2.24) is 4.90 Å². The topological polar surface area (TPSA) is 44.1 Å². The Labute approximate surface area is 110 Å². The van der Waals surface area contributed by atoms with E-state index in [1.165, 1.54) is 0 Å². The fraction of sp³-hybridized carbons (Fsp3) is 0.385. The van der Waals surface area contributed by atoms with Crippen molar-refractivity contribution in [1.29, 1.82) is 5.26 Å². The molecule has 0 aliphatic heterocycles. The van der Waals surface area contributed by atoms with Gasteiger partial charge >= 0.3 is 0 Å². The van der Waals surface area contributed by atoms with Crippen LogP contribution in [0.5, 0.6) is 0 Å². The van der Waals surface area contributed by atoms with Crippen molar-refractivity contribution >= 4 is 21.8 Å². The number of halogens is 1. The van der Waals surface area contributed by atoms with Crippen LogP contribution >= 0.6 is 15.9 Å². The largest absolute Gasteiger partial charge is 0.335 e. The summed E-state index contributed by atoms with van der Waals surface area (Å²) in [7, 11) is 0. The third-order valence-corrected chi connectivity index (χ3v) is 2.83. The molecule has 1 amide bonds. The minimum absolute atomic E-state index is 0.00365. The van der Waals surface area contributed by atoms with E-state index in [-0.39, 0.29) is 11.9 Å². The molecule has 1 aromatic carbocycles. The van der Waals surface area contributed by atoms with E-state index in [1.807, 2.05) is 19.9 Å². The van der Waals surface area contributed by atoms with Crippen LogP contribution < -0.4 is 0 Å². The Morgan fingerprint density at radius 3 is 2.41 bits per heavy atom. The van der Waals surface area contributed by atoms with Gasteiger partial charge in [-0.2, -0.15) is 5.26 Å². The third-order valence-electron chi connectivity index (χ3n) is 2.47. The maximum absolute atomic E-state index is 12.2. The van der Waals surface area contributed by atoms with Gasteiger partial charge in [0, 0.05) is 23.5 Å². The number of nitrogens with zero attached hydrogens (tertiary/aromatic N) is 2. The number of hydrogen-bond donors (Lipinski definition) is 0. The van der Waals surface area contributed by atoms with Crippen LogP contribution in [0.3, 0.4) is 0 Å². The minimum atomic E-state index is 0.00365. The Hall–Kier alpha value is -1.34. The summed E-state index contributed by atoms with van der Waals surface area (Å²) >= 11 is 3.35. The molecule has 0 aliphatic rings. The molecule has 0 bridgehead atoms. The normalized spacial score (nSPS) is 10.1. The number of rotatable bonds is 4. The molecule has 4 heteroatoms. The minimum Gasteiger partial charge on any atom is -0.335 e. The van der Waals surface area contributed by atoms with Gasteiger partial charge in [-0.05, 0) is 38.1 Å². The lowest BCUT2D eigenvalue weighted by atomic mass is 10.1. The molecule has 17 heavy (non-hydrogen) atoms. The van der Waals surface area contributed by atoms with Crippen molar-refractivity contribution < 1.29 is 4.79 Å². The molecule has 0 saturated carbocycles. The van der Waals surface area contributed by atoms with E-state index >= 15 is 0 Å². The summed E-state index contributed by atoms with van der Waals surface area (Å²) in [5.74, 6) is 0.00365. The number of hydrogen-bond acceptors (Lipinski definition) is 2. The highest BCUT2D eigenvalue weighted by Crippen LogP contribution is 2.10. The first-order chi connectivity index (χ1) is 8.10. The van der Waals surface area contributed by atoms with Crippen LogP contribution in [0.2, 0.25) is 0 Å². The molecule has 0 unspecified atom stereocenters. The predicted octanol–water partition coefficient (Wildman–Crippen LogP) is 2.80. The standard InChI is InChI=1S/C13H15BrN2O/c1-10(2)16(8-7-14)13(17)12-5-3-11(9-15)4-6-12/h3-6,10H,7-8H2,1-2H3. The van der Waals surface area contributed by atoms with Gasteiger partial charge in [-0.1, -0.05) is 15.9 Å². The molecular weight excluding hydrogens is 280 g/mol. The molecular formula is C13H15BrN2O. The number of carbonyl (C=O) groups excluding carboxylic acids is 1. The molecule has 0 fully saturated rings. The maximum Gasteiger partial charge on any atom is 0.254 e. The van der Waals surface area contributed by atoms with Crippen molar-refractivity contribution in [3.05, 3.63) is 35.4 Å². The predicted molar refractivity (Wildman–Crippen MR) is 71.1 cm³/mol. The molecule has 0 spiro atoms. The number of carbonyl (C=O) groups is 1. The van der Waals surface area contributed by atoms with E-state index in [0.717, 1.165) is 5.33 Å².